The van der Waals surface area contributed by atoms with E-state index in [1.807, 2.05) is 12.1 Å². The van der Waals surface area contributed by atoms with Gasteiger partial charge in [-0.2, -0.15) is 0 Å². The van der Waals surface area contributed by atoms with E-state index in [-0.39, 0.29) is 17.7 Å². The van der Waals surface area contributed by atoms with Crippen LogP contribution in [0.15, 0.2) is 53.0 Å². The molecule has 7 nitrogen and oxygen atoms in total. The van der Waals surface area contributed by atoms with Gasteiger partial charge in [0.15, 0.2) is 11.0 Å². The van der Waals surface area contributed by atoms with Crippen LogP contribution in [0.3, 0.4) is 0 Å². The number of hydrogen-bond donors (Lipinski definition) is 1. The Hall–Kier alpha value is -3.04. The van der Waals surface area contributed by atoms with Crippen LogP contribution in [0.5, 0.6) is 11.5 Å². The van der Waals surface area contributed by atoms with E-state index in [4.69, 9.17) is 9.47 Å². The molecule has 2 aromatic heterocycles. The largest absolute Gasteiger partial charge is 0.497 e. The van der Waals surface area contributed by atoms with Crippen molar-refractivity contribution in [1.82, 2.24) is 14.8 Å². The summed E-state index contributed by atoms with van der Waals surface area (Å²) < 4.78 is 13.9. The molecule has 0 fully saturated rings. The number of rotatable bonds is 8. The van der Waals surface area contributed by atoms with Crippen LogP contribution in [-0.4, -0.2) is 40.6 Å². The Labute approximate surface area is 194 Å². The second-order valence-electron chi connectivity index (χ2n) is 7.32. The van der Waals surface area contributed by atoms with Crippen LogP contribution >= 0.6 is 23.1 Å². The van der Waals surface area contributed by atoms with Crippen molar-refractivity contribution in [2.45, 2.75) is 25.0 Å². The van der Waals surface area contributed by atoms with Crippen molar-refractivity contribution in [1.29, 1.82) is 0 Å². The molecule has 0 saturated heterocycles. The highest BCUT2D eigenvalue weighted by Crippen LogP contribution is 2.36. The third kappa shape index (κ3) is 4.44. The number of benzene rings is 2. The number of ether oxygens (including phenoxy) is 2. The molecular formula is C23H24N4O3S2. The molecule has 4 rings (SSSR count). The molecule has 0 spiro atoms. The Kier molecular flexibility index (Phi) is 6.66. The maximum atomic E-state index is 12.7. The number of thiophene rings is 1. The lowest BCUT2D eigenvalue weighted by atomic mass is 10.1. The minimum atomic E-state index is -0.164. The van der Waals surface area contributed by atoms with Crippen molar-refractivity contribution in [3.8, 4) is 22.9 Å². The van der Waals surface area contributed by atoms with Crippen molar-refractivity contribution in [2.75, 3.05) is 25.3 Å². The fraction of sp³-hybridized carbons (Fsp3) is 0.261. The minimum Gasteiger partial charge on any atom is -0.497 e. The predicted octanol–water partition coefficient (Wildman–Crippen LogP) is 5.49. The van der Waals surface area contributed by atoms with E-state index >= 15 is 0 Å². The molecule has 9 heteroatoms. The molecule has 0 saturated carbocycles. The Balaban J connectivity index is 1.54. The van der Waals surface area contributed by atoms with E-state index in [1.54, 1.807) is 43.8 Å². The Morgan fingerprint density at radius 1 is 1.16 bits per heavy atom. The summed E-state index contributed by atoms with van der Waals surface area (Å²) in [5.41, 5.74) is 1.62. The van der Waals surface area contributed by atoms with Crippen LogP contribution < -0.4 is 14.8 Å². The van der Waals surface area contributed by atoms with Gasteiger partial charge in [0.1, 0.15) is 11.5 Å². The van der Waals surface area contributed by atoms with E-state index in [0.29, 0.717) is 22.3 Å². The van der Waals surface area contributed by atoms with Gasteiger partial charge in [-0.05, 0) is 32.0 Å². The maximum Gasteiger partial charge on any atom is 0.234 e. The van der Waals surface area contributed by atoms with Crippen LogP contribution in [0.25, 0.3) is 21.5 Å². The molecule has 1 N–H and O–H groups in total. The Morgan fingerprint density at radius 3 is 2.72 bits per heavy atom. The molecule has 4 aromatic rings. The quantitative estimate of drug-likeness (QED) is 0.345. The Morgan fingerprint density at radius 2 is 1.97 bits per heavy atom. The first-order valence-electron chi connectivity index (χ1n) is 10.1. The molecule has 0 aliphatic heterocycles. The molecule has 0 aliphatic rings. The van der Waals surface area contributed by atoms with Crippen molar-refractivity contribution >= 4 is 44.8 Å². The smallest absolute Gasteiger partial charge is 0.234 e. The highest BCUT2D eigenvalue weighted by Gasteiger charge is 2.20. The predicted molar refractivity (Wildman–Crippen MR) is 130 cm³/mol. The van der Waals surface area contributed by atoms with E-state index in [2.05, 4.69) is 51.4 Å². The normalized spacial score (nSPS) is 11.2. The van der Waals surface area contributed by atoms with Crippen LogP contribution in [0.1, 0.15) is 19.9 Å². The van der Waals surface area contributed by atoms with E-state index < -0.39 is 0 Å². The zero-order valence-electron chi connectivity index (χ0n) is 18.3. The lowest BCUT2D eigenvalue weighted by molar-refractivity contribution is -0.113. The average Bonchev–Trinajstić information content (AvgIpc) is 3.41. The number of hydrogen-bond acceptors (Lipinski definition) is 7. The average molecular weight is 469 g/mol. The molecule has 0 bridgehead atoms. The first kappa shape index (κ1) is 22.2. The van der Waals surface area contributed by atoms with E-state index in [9.17, 15) is 4.79 Å². The summed E-state index contributed by atoms with van der Waals surface area (Å²) in [5, 5.41) is 15.7. The number of nitrogens with one attached hydrogen (secondary N) is 1. The van der Waals surface area contributed by atoms with Gasteiger partial charge in [-0.25, -0.2) is 0 Å². The first-order chi connectivity index (χ1) is 15.5. The third-order valence-electron chi connectivity index (χ3n) is 4.92. The number of carbonyl (C=O) groups is 1. The van der Waals surface area contributed by atoms with Gasteiger partial charge >= 0.3 is 0 Å². The van der Waals surface area contributed by atoms with Crippen LogP contribution in [0.2, 0.25) is 0 Å². The number of amides is 1. The van der Waals surface area contributed by atoms with Crippen molar-refractivity contribution in [2.24, 2.45) is 0 Å². The molecule has 0 unspecified atom stereocenters. The highest BCUT2D eigenvalue weighted by molar-refractivity contribution is 7.99. The lowest BCUT2D eigenvalue weighted by Crippen LogP contribution is -2.15. The van der Waals surface area contributed by atoms with Gasteiger partial charge in [-0.1, -0.05) is 30.0 Å². The number of thioether (sulfide) groups is 1. The second-order valence-corrected chi connectivity index (χ2v) is 9.17. The molecule has 166 valence electrons. The Bertz CT molecular complexity index is 1250. The van der Waals surface area contributed by atoms with Crippen LogP contribution in [0, 0.1) is 0 Å². The first-order valence-corrected chi connectivity index (χ1v) is 11.9. The monoisotopic (exact) mass is 468 g/mol. The zero-order valence-corrected chi connectivity index (χ0v) is 19.9. The summed E-state index contributed by atoms with van der Waals surface area (Å²) in [7, 11) is 3.14. The molecule has 2 heterocycles. The molecule has 0 atom stereocenters. The molecule has 2 aromatic carbocycles. The number of fused-ring (bicyclic) bond motifs is 1. The molecular weight excluding hydrogens is 444 g/mol. The summed E-state index contributed by atoms with van der Waals surface area (Å²) >= 11 is 3.05. The molecule has 0 aliphatic carbocycles. The number of anilines is 1. The maximum absolute atomic E-state index is 12.7. The molecule has 32 heavy (non-hydrogen) atoms. The van der Waals surface area contributed by atoms with Gasteiger partial charge in [0.05, 0.1) is 25.7 Å². The second kappa shape index (κ2) is 9.62. The van der Waals surface area contributed by atoms with Gasteiger partial charge < -0.3 is 14.8 Å². The van der Waals surface area contributed by atoms with Gasteiger partial charge in [0.2, 0.25) is 5.91 Å². The zero-order chi connectivity index (χ0) is 22.7. The fourth-order valence-electron chi connectivity index (χ4n) is 3.40. The topological polar surface area (TPSA) is 78.3 Å². The number of nitrogens with zero attached hydrogens (tertiary/aromatic N) is 3. The summed E-state index contributed by atoms with van der Waals surface area (Å²) in [6, 6.07) is 13.7. The molecule has 0 radical (unpaired) electrons. The summed E-state index contributed by atoms with van der Waals surface area (Å²) in [6.45, 7) is 4.18. The van der Waals surface area contributed by atoms with Gasteiger partial charge in [-0.15, -0.1) is 21.5 Å². The lowest BCUT2D eigenvalue weighted by Gasteiger charge is -2.14. The number of carbonyl (C=O) groups excluding carboxylic acids is 1. The van der Waals surface area contributed by atoms with Gasteiger partial charge in [0.25, 0.3) is 0 Å². The van der Waals surface area contributed by atoms with Crippen LogP contribution in [-0.2, 0) is 4.79 Å². The number of aromatic nitrogens is 3. The SMILES string of the molecule is COc1ccc(OC)c(NC(=O)CSc2nnc(-c3csc4ccccc34)n2C(C)C)c1. The van der Waals surface area contributed by atoms with Crippen LogP contribution in [0.4, 0.5) is 5.69 Å². The standard InChI is InChI=1S/C23H24N4O3S2/c1-14(2)27-22(17-12-31-20-8-6-5-7-16(17)20)25-26-23(27)32-13-21(28)24-18-11-15(29-3)9-10-19(18)30-4/h5-12,14H,13H2,1-4H3,(H,24,28). The van der Waals surface area contributed by atoms with Crippen molar-refractivity contribution in [3.63, 3.8) is 0 Å². The van der Waals surface area contributed by atoms with Crippen molar-refractivity contribution < 1.29 is 14.3 Å². The van der Waals surface area contributed by atoms with E-state index in [1.165, 1.54) is 16.5 Å². The van der Waals surface area contributed by atoms with Gasteiger partial charge in [0, 0.05) is 33.1 Å². The van der Waals surface area contributed by atoms with E-state index in [0.717, 1.165) is 16.8 Å². The minimum absolute atomic E-state index is 0.141. The highest BCUT2D eigenvalue weighted by atomic mass is 32.2. The number of methoxy groups -OCH3 is 2. The summed E-state index contributed by atoms with van der Waals surface area (Å²) in [6.07, 6.45) is 0. The third-order valence-corrected chi connectivity index (χ3v) is 6.82. The molecule has 1 amide bonds. The fourth-order valence-corrected chi connectivity index (χ4v) is 5.21. The summed E-state index contributed by atoms with van der Waals surface area (Å²) in [4.78, 5) is 12.7. The summed E-state index contributed by atoms with van der Waals surface area (Å²) in [5.74, 6) is 2.05. The van der Waals surface area contributed by atoms with Gasteiger partial charge in [-0.3, -0.25) is 9.36 Å². The van der Waals surface area contributed by atoms with Crippen molar-refractivity contribution in [3.05, 3.63) is 47.8 Å².